The van der Waals surface area contributed by atoms with E-state index < -0.39 is 5.60 Å². The van der Waals surface area contributed by atoms with Crippen LogP contribution in [0.4, 0.5) is 20.7 Å². The van der Waals surface area contributed by atoms with E-state index in [0.717, 1.165) is 22.2 Å². The van der Waals surface area contributed by atoms with Gasteiger partial charge in [0, 0.05) is 28.9 Å². The van der Waals surface area contributed by atoms with Crippen LogP contribution < -0.4 is 10.1 Å². The van der Waals surface area contributed by atoms with Crippen LogP contribution in [0, 0.1) is 5.82 Å². The normalized spacial score (nSPS) is 11.4. The number of anilines is 2. The summed E-state index contributed by atoms with van der Waals surface area (Å²) < 4.78 is 31.1. The first kappa shape index (κ1) is 32.1. The second kappa shape index (κ2) is 14.2. The molecule has 0 radical (unpaired) electrons. The van der Waals surface area contributed by atoms with Crippen LogP contribution in [0.1, 0.15) is 32.1 Å². The van der Waals surface area contributed by atoms with Crippen molar-refractivity contribution in [2.75, 3.05) is 23.9 Å². The average Bonchev–Trinajstić information content (AvgIpc) is 3.46. The first-order chi connectivity index (χ1) is 21.6. The van der Waals surface area contributed by atoms with Crippen molar-refractivity contribution in [1.82, 2.24) is 14.9 Å². The predicted octanol–water partition coefficient (Wildman–Crippen LogP) is 9.10. The number of aromatic nitrogens is 2. The minimum Gasteiger partial charge on any atom is -0.487 e. The Hall–Kier alpha value is -4.28. The fraction of sp³-hybridized carbons (Fsp3) is 0.265. The largest absolute Gasteiger partial charge is 0.487 e. The summed E-state index contributed by atoms with van der Waals surface area (Å²) in [5, 5.41) is 4.51. The zero-order chi connectivity index (χ0) is 32.0. The van der Waals surface area contributed by atoms with Crippen LogP contribution in [0.3, 0.4) is 0 Å². The lowest BCUT2D eigenvalue weighted by Gasteiger charge is -2.26. The van der Waals surface area contributed by atoms with E-state index in [2.05, 4.69) is 15.3 Å². The van der Waals surface area contributed by atoms with Crippen LogP contribution in [0.5, 0.6) is 5.75 Å². The Bertz CT molecular complexity index is 1790. The third kappa shape index (κ3) is 8.67. The van der Waals surface area contributed by atoms with Gasteiger partial charge < -0.3 is 19.2 Å². The highest BCUT2D eigenvalue weighted by atomic mass is 35.5. The number of nitrogens with zero attached hydrogens (tertiary/aromatic N) is 3. The Morgan fingerprint density at radius 2 is 1.91 bits per heavy atom. The number of rotatable bonds is 11. The summed E-state index contributed by atoms with van der Waals surface area (Å²) in [6.45, 7) is 6.58. The minimum absolute atomic E-state index is 0.189. The Morgan fingerprint density at radius 3 is 2.67 bits per heavy atom. The van der Waals surface area contributed by atoms with Gasteiger partial charge in [0.05, 0.1) is 17.1 Å². The molecule has 2 aromatic heterocycles. The van der Waals surface area contributed by atoms with Gasteiger partial charge in [0.25, 0.3) is 0 Å². The predicted molar refractivity (Wildman–Crippen MR) is 178 cm³/mol. The Kier molecular flexibility index (Phi) is 10.1. The van der Waals surface area contributed by atoms with Gasteiger partial charge in [-0.05, 0) is 93.3 Å². The smallest absolute Gasteiger partial charge is 0.410 e. The maximum atomic E-state index is 13.5. The number of nitrogens with one attached hydrogen (secondary N) is 1. The number of amides is 1. The zero-order valence-electron chi connectivity index (χ0n) is 25.5. The number of benzene rings is 3. The molecule has 1 amide bonds. The summed E-state index contributed by atoms with van der Waals surface area (Å²) in [5.41, 5.74) is 2.40. The third-order valence-electron chi connectivity index (χ3n) is 6.62. The molecule has 45 heavy (non-hydrogen) atoms. The molecule has 0 atom stereocenters. The summed E-state index contributed by atoms with van der Waals surface area (Å²) in [5.74, 6) is 2.83. The number of carbonyl (C=O) groups is 1. The highest BCUT2D eigenvalue weighted by Crippen LogP contribution is 2.33. The van der Waals surface area contributed by atoms with E-state index in [1.807, 2.05) is 63.4 Å². The van der Waals surface area contributed by atoms with E-state index >= 15 is 0 Å². The van der Waals surface area contributed by atoms with Gasteiger partial charge in [-0.3, -0.25) is 4.90 Å². The van der Waals surface area contributed by atoms with Crippen molar-refractivity contribution in [1.29, 1.82) is 0 Å². The van der Waals surface area contributed by atoms with Crippen molar-refractivity contribution in [3.8, 4) is 17.1 Å². The SMILES string of the molecule is CSCCN(Cc1ccc(-c2ccc3ncnc(Nc4ccc(OCc5cccc(F)c5)c(Cl)c4)c3c2)o1)C(=O)OC(C)(C)C. The monoisotopic (exact) mass is 648 g/mol. The first-order valence-corrected chi connectivity index (χ1v) is 16.1. The van der Waals surface area contributed by atoms with E-state index in [1.165, 1.54) is 18.5 Å². The van der Waals surface area contributed by atoms with E-state index in [4.69, 9.17) is 25.5 Å². The van der Waals surface area contributed by atoms with Gasteiger partial charge in [-0.15, -0.1) is 0 Å². The molecule has 0 saturated heterocycles. The van der Waals surface area contributed by atoms with E-state index in [-0.39, 0.29) is 18.5 Å². The molecule has 5 rings (SSSR count). The average molecular weight is 649 g/mol. The number of hydrogen-bond donors (Lipinski definition) is 1. The molecule has 5 aromatic rings. The standard InChI is InChI=1S/C34H34ClFN4O4S/c1-34(2,3)44-33(41)40(14-15-45-4)19-26-10-13-30(43-26)23-8-11-29-27(17-23)32(38-21-37-29)39-25-9-12-31(28(35)18-25)42-20-22-6-5-7-24(36)16-22/h5-13,16-18,21H,14-15,19-20H2,1-4H3,(H,37,38,39). The van der Waals surface area contributed by atoms with Crippen LogP contribution >= 0.6 is 23.4 Å². The number of carbonyl (C=O) groups excluding carboxylic acids is 1. The molecule has 11 heteroatoms. The van der Waals surface area contributed by atoms with E-state index in [1.54, 1.807) is 40.9 Å². The molecule has 0 spiro atoms. The molecule has 8 nitrogen and oxygen atoms in total. The summed E-state index contributed by atoms with van der Waals surface area (Å²) in [4.78, 5) is 23.4. The lowest BCUT2D eigenvalue weighted by molar-refractivity contribution is 0.0235. The highest BCUT2D eigenvalue weighted by molar-refractivity contribution is 7.98. The summed E-state index contributed by atoms with van der Waals surface area (Å²) in [6, 6.07) is 21.1. The Balaban J connectivity index is 1.32. The lowest BCUT2D eigenvalue weighted by Crippen LogP contribution is -2.37. The molecule has 0 aliphatic heterocycles. The molecule has 0 aliphatic carbocycles. The summed E-state index contributed by atoms with van der Waals surface area (Å²) >= 11 is 8.18. The number of furan rings is 1. The van der Waals surface area contributed by atoms with E-state index in [0.29, 0.717) is 52.5 Å². The molecule has 3 aromatic carbocycles. The van der Waals surface area contributed by atoms with E-state index in [9.17, 15) is 9.18 Å². The molecule has 1 N–H and O–H groups in total. The molecular weight excluding hydrogens is 615 g/mol. The van der Waals surface area contributed by atoms with Gasteiger partial charge in [0.15, 0.2) is 0 Å². The van der Waals surface area contributed by atoms with Crippen LogP contribution in [-0.4, -0.2) is 45.1 Å². The van der Waals surface area contributed by atoms with Gasteiger partial charge >= 0.3 is 6.09 Å². The molecule has 0 aliphatic rings. The van der Waals surface area contributed by atoms with Crippen molar-refractivity contribution in [2.24, 2.45) is 0 Å². The maximum absolute atomic E-state index is 13.5. The molecule has 0 bridgehead atoms. The molecule has 0 saturated carbocycles. The van der Waals surface area contributed by atoms with Crippen LogP contribution in [0.2, 0.25) is 5.02 Å². The molecule has 0 fully saturated rings. The fourth-order valence-corrected chi connectivity index (χ4v) is 5.14. The minimum atomic E-state index is -0.590. The van der Waals surface area contributed by atoms with Crippen molar-refractivity contribution in [3.63, 3.8) is 0 Å². The highest BCUT2D eigenvalue weighted by Gasteiger charge is 2.23. The molecular formula is C34H34ClFN4O4S. The van der Waals surface area contributed by atoms with Gasteiger partial charge in [-0.1, -0.05) is 23.7 Å². The van der Waals surface area contributed by atoms with Crippen LogP contribution in [-0.2, 0) is 17.9 Å². The van der Waals surface area contributed by atoms with Crippen molar-refractivity contribution in [2.45, 2.75) is 39.5 Å². The lowest BCUT2D eigenvalue weighted by atomic mass is 10.1. The van der Waals surface area contributed by atoms with Gasteiger partial charge in [0.2, 0.25) is 0 Å². The van der Waals surface area contributed by atoms with Crippen LogP contribution in [0.25, 0.3) is 22.2 Å². The first-order valence-electron chi connectivity index (χ1n) is 14.3. The van der Waals surface area contributed by atoms with Gasteiger partial charge in [-0.25, -0.2) is 19.2 Å². The summed E-state index contributed by atoms with van der Waals surface area (Å²) in [6.07, 6.45) is 3.12. The Labute approximate surface area is 270 Å². The summed E-state index contributed by atoms with van der Waals surface area (Å²) in [7, 11) is 0. The van der Waals surface area contributed by atoms with Crippen molar-refractivity contribution in [3.05, 3.63) is 101 Å². The second-order valence-electron chi connectivity index (χ2n) is 11.3. The molecule has 2 heterocycles. The third-order valence-corrected chi connectivity index (χ3v) is 7.51. The fourth-order valence-electron chi connectivity index (χ4n) is 4.50. The number of ether oxygens (including phenoxy) is 2. The number of thioether (sulfide) groups is 1. The van der Waals surface area contributed by atoms with Crippen LogP contribution in [0.15, 0.2) is 83.5 Å². The molecule has 0 unspecified atom stereocenters. The van der Waals surface area contributed by atoms with Crippen molar-refractivity contribution >= 4 is 51.9 Å². The maximum Gasteiger partial charge on any atom is 0.410 e. The topological polar surface area (TPSA) is 89.7 Å². The van der Waals surface area contributed by atoms with Crippen molar-refractivity contribution < 1.29 is 23.1 Å². The zero-order valence-corrected chi connectivity index (χ0v) is 27.0. The number of fused-ring (bicyclic) bond motifs is 1. The molecule has 234 valence electrons. The number of hydrogen-bond acceptors (Lipinski definition) is 8. The van der Waals surface area contributed by atoms with Gasteiger partial charge in [0.1, 0.15) is 47.4 Å². The van der Waals surface area contributed by atoms with Gasteiger partial charge in [-0.2, -0.15) is 11.8 Å². The quantitative estimate of drug-likeness (QED) is 0.152. The second-order valence-corrected chi connectivity index (χ2v) is 12.7. The number of halogens is 2. The Morgan fingerprint density at radius 1 is 1.07 bits per heavy atom.